The van der Waals surface area contributed by atoms with Crippen LogP contribution in [0.4, 0.5) is 29.1 Å². The van der Waals surface area contributed by atoms with Crippen LogP contribution in [-0.2, 0) is 31.0 Å². The average Bonchev–Trinajstić information content (AvgIpc) is 1.66. The zero-order valence-electron chi connectivity index (χ0n) is 66.3. The van der Waals surface area contributed by atoms with Gasteiger partial charge in [-0.2, -0.15) is 34.9 Å². The summed E-state index contributed by atoms with van der Waals surface area (Å²) in [6.45, 7) is 24.5. The number of alkyl halides is 1. The molecule has 8 heterocycles. The molecule has 0 aliphatic carbocycles. The van der Waals surface area contributed by atoms with Crippen molar-refractivity contribution in [2.45, 2.75) is 143 Å². The second-order valence-corrected chi connectivity index (χ2v) is 32.8. The molecule has 0 aliphatic heterocycles. The Balaban J connectivity index is 0.000000292. The zero-order chi connectivity index (χ0) is 86.7. The molecule has 0 saturated carbocycles. The average molecular weight is 2060 g/mol. The molecule has 0 spiro atoms. The lowest BCUT2D eigenvalue weighted by Gasteiger charge is -2.16. The number of anilines is 5. The molecule has 30 nitrogen and oxygen atoms in total. The Morgan fingerprint density at radius 2 is 0.940 bits per heavy atom. The number of aromatic nitrogens is 16. The van der Waals surface area contributed by atoms with E-state index in [2.05, 4.69) is 236 Å². The summed E-state index contributed by atoms with van der Waals surface area (Å²) in [5.74, 6) is 2.28. The van der Waals surface area contributed by atoms with E-state index in [1.165, 1.54) is 24.9 Å². The van der Waals surface area contributed by atoms with Crippen molar-refractivity contribution in [1.29, 1.82) is 0 Å². The predicted molar refractivity (Wildman–Crippen MR) is 497 cm³/mol. The van der Waals surface area contributed by atoms with Crippen LogP contribution in [0, 0.1) is 0 Å². The van der Waals surface area contributed by atoms with Gasteiger partial charge < -0.3 is 87.6 Å². The standard InChI is InChI=1S/C19H25BrN6O.C15H15BrClN5.C12H9BrClN5.C8H10BNO3.C7H8BrN.C5H2Cl2N4.C4H11NO.C3H7I.2C2H6O/c1-4-15(10-27)23-19-24-17(21-9-13-5-7-14(20)8-6-13)16-18(25-19)26(11-22-16)12(2)3;1-9(2)22-8-19-12-13(20-15(17)21-14(12)22)18-7-10-3-5-11(16)6-4-10;13-8-3-1-7(2-4-8)5-15-10-9-11(17-6-16-9)19-12(14)18-10;1-6(11)10-8-4-2-3-7(5-8)9(12)13;8-7-3-1-6(5-9)2-4-7;6-3-2-4(9-1-8-2)11-5(7)10-3;1-2-4(5)3-6;1-3(2)4;2*1-2-3/h5-8,11-12,15,27H,4,9-10H2,1-3H3,(H2,21,23,24,25);3-6,8-9H,7H2,1-2H3,(H,18,20,21);1-4,6H,5H2,(H2,15,16,17,18,19);2-5,12-13H,1H3,(H,10,11);1-4H,5,9H2;1H,(H,8,9,10,11);4,6H,2-3,5H2,1H3;3H,1-2H3;2*3H,2H2,1H3/t15-;;;;;;4-;;;/m1.....1.../s1. The highest BCUT2D eigenvalue weighted by atomic mass is 127. The fourth-order valence-corrected chi connectivity index (χ4v) is 10.9. The summed E-state index contributed by atoms with van der Waals surface area (Å²) in [6.07, 6.45) is 8.26. The summed E-state index contributed by atoms with van der Waals surface area (Å²) in [5, 5.41) is 66.9. The van der Waals surface area contributed by atoms with Crippen LogP contribution in [0.2, 0.25) is 21.0 Å². The third-order valence-electron chi connectivity index (χ3n) is 15.0. The minimum Gasteiger partial charge on any atom is -0.423 e. The van der Waals surface area contributed by atoms with E-state index in [-0.39, 0.29) is 77.5 Å². The number of carbonyl (C=O) groups excluding carboxylic acids is 1. The van der Waals surface area contributed by atoms with Crippen LogP contribution < -0.4 is 43.5 Å². The van der Waals surface area contributed by atoms with Crippen molar-refractivity contribution in [3.8, 4) is 0 Å². The maximum Gasteiger partial charge on any atom is 0.488 e. The van der Waals surface area contributed by atoms with Gasteiger partial charge in [-0.15, -0.1) is 0 Å². The van der Waals surface area contributed by atoms with Crippen molar-refractivity contribution in [2.75, 3.05) is 53.0 Å². The monoisotopic (exact) mass is 2050 g/mol. The number of fused-ring (bicyclic) bond motifs is 4. The molecule has 13 aromatic rings. The molecule has 1 amide bonds. The molecule has 0 radical (unpaired) electrons. The molecule has 630 valence electrons. The van der Waals surface area contributed by atoms with E-state index in [4.69, 9.17) is 83.2 Å². The number of rotatable bonds is 20. The SMILES string of the molecule is CC(=O)Nc1cccc(B(O)O)c1.CC(C)I.CC(C)n1cnc2c(NCc3ccc(Br)cc3)nc(Cl)nc21.CCO.CCO.CC[C@@H](N)CO.CC[C@H](CO)Nc1nc(NCc2ccc(Br)cc2)c2ncn(C(C)C)c2n1.Clc1nc(Cl)c2[nH]cnc2n1.Clc1nc(NCc2ccc(Br)cc2)c2[nH]cnc2n1.NCc1ccc(Br)cc1. The lowest BCUT2D eigenvalue weighted by atomic mass is 9.80. The van der Waals surface area contributed by atoms with Gasteiger partial charge in [0, 0.05) is 91.9 Å². The van der Waals surface area contributed by atoms with Gasteiger partial charge in [-0.3, -0.25) is 4.79 Å². The van der Waals surface area contributed by atoms with Gasteiger partial charge in [-0.25, -0.2) is 24.9 Å². The van der Waals surface area contributed by atoms with Crippen LogP contribution in [0.3, 0.4) is 0 Å². The molecular formula is C77H99BBr4Cl4IN23O7. The normalized spacial score (nSPS) is 10.9. The summed E-state index contributed by atoms with van der Waals surface area (Å²) in [5.41, 5.74) is 21.5. The van der Waals surface area contributed by atoms with Crippen molar-refractivity contribution in [2.24, 2.45) is 11.5 Å². The first-order valence-electron chi connectivity index (χ1n) is 36.6. The Morgan fingerprint density at radius 1 is 0.538 bits per heavy atom. The van der Waals surface area contributed by atoms with Gasteiger partial charge in [0.2, 0.25) is 27.7 Å². The second-order valence-electron chi connectivity index (χ2n) is 25.3. The molecule has 2 atom stereocenters. The maximum atomic E-state index is 10.7. The Labute approximate surface area is 748 Å². The number of amides is 1. The van der Waals surface area contributed by atoms with Crippen molar-refractivity contribution in [3.63, 3.8) is 0 Å². The molecular weight excluding hydrogens is 1960 g/mol. The molecule has 13 rings (SSSR count). The van der Waals surface area contributed by atoms with E-state index in [9.17, 15) is 9.90 Å². The molecule has 17 N–H and O–H groups in total. The number of aliphatic hydroxyl groups excluding tert-OH is 4. The predicted octanol–water partition coefficient (Wildman–Crippen LogP) is 16.2. The largest absolute Gasteiger partial charge is 0.488 e. The molecule has 0 bridgehead atoms. The first-order chi connectivity index (χ1) is 55.8. The van der Waals surface area contributed by atoms with Crippen molar-refractivity contribution in [3.05, 3.63) is 208 Å². The van der Waals surface area contributed by atoms with E-state index in [1.807, 2.05) is 108 Å². The van der Waals surface area contributed by atoms with Gasteiger partial charge in [0.25, 0.3) is 0 Å². The fraction of sp³-hybridized carbons (Fsp3) is 0.338. The van der Waals surface area contributed by atoms with E-state index >= 15 is 0 Å². The number of aromatic amines is 2. The Kier molecular flexibility index (Phi) is 48.2. The highest BCUT2D eigenvalue weighted by Gasteiger charge is 2.19. The van der Waals surface area contributed by atoms with Gasteiger partial charge >= 0.3 is 7.12 Å². The zero-order valence-corrected chi connectivity index (χ0v) is 77.8. The number of carbonyl (C=O) groups is 1. The smallest absolute Gasteiger partial charge is 0.423 e. The van der Waals surface area contributed by atoms with Crippen LogP contribution in [0.25, 0.3) is 44.7 Å². The van der Waals surface area contributed by atoms with E-state index in [0.717, 1.165) is 79.2 Å². The summed E-state index contributed by atoms with van der Waals surface area (Å²) >= 11 is 39.1. The van der Waals surface area contributed by atoms with E-state index in [1.54, 1.807) is 51.0 Å². The highest BCUT2D eigenvalue weighted by molar-refractivity contribution is 14.1. The number of aliphatic hydroxyl groups is 4. The highest BCUT2D eigenvalue weighted by Crippen LogP contribution is 2.28. The number of halogens is 9. The van der Waals surface area contributed by atoms with Crippen LogP contribution in [0.1, 0.15) is 123 Å². The van der Waals surface area contributed by atoms with Crippen LogP contribution in [0.5, 0.6) is 0 Å². The number of imidazole rings is 4. The summed E-state index contributed by atoms with van der Waals surface area (Å²) in [4.78, 5) is 66.9. The second kappa shape index (κ2) is 55.4. The van der Waals surface area contributed by atoms with Crippen LogP contribution >= 0.6 is 133 Å². The summed E-state index contributed by atoms with van der Waals surface area (Å²) < 4.78 is 9.06. The number of nitrogens with one attached hydrogen (secondary N) is 7. The molecule has 0 unspecified atom stereocenters. The molecule has 8 aromatic heterocycles. The quantitative estimate of drug-likeness (QED) is 0.0111. The molecule has 5 aromatic carbocycles. The van der Waals surface area contributed by atoms with Crippen molar-refractivity contribution in [1.82, 2.24) is 78.9 Å². The minimum absolute atomic E-state index is 0.00926. The lowest BCUT2D eigenvalue weighted by molar-refractivity contribution is -0.114. The number of nitrogens with zero attached hydrogens (tertiary/aromatic N) is 14. The number of hydrogen-bond acceptors (Lipinski definition) is 25. The van der Waals surface area contributed by atoms with E-state index < -0.39 is 7.12 Å². The molecule has 40 heteroatoms. The molecule has 0 fully saturated rings. The van der Waals surface area contributed by atoms with Gasteiger partial charge in [0.05, 0.1) is 44.6 Å². The number of benzene rings is 5. The van der Waals surface area contributed by atoms with Crippen LogP contribution in [-0.4, -0.2) is 165 Å². The number of H-pyrrole nitrogens is 2. The Bertz CT molecular complexity index is 5000. The first-order valence-corrected chi connectivity index (χ1v) is 42.5. The molecule has 0 saturated heterocycles. The number of nitrogens with two attached hydrogens (primary N) is 2. The molecule has 117 heavy (non-hydrogen) atoms. The van der Waals surface area contributed by atoms with Gasteiger partial charge in [0.1, 0.15) is 11.0 Å². The summed E-state index contributed by atoms with van der Waals surface area (Å²) in [7, 11) is -1.51. The minimum atomic E-state index is -1.51. The first kappa shape index (κ1) is 102. The number of hydrogen-bond donors (Lipinski definition) is 15. The van der Waals surface area contributed by atoms with Gasteiger partial charge in [-0.1, -0.05) is 186 Å². The topological polar surface area (TPSA) is 447 Å². The third-order valence-corrected chi connectivity index (χ3v) is 17.9. The third kappa shape index (κ3) is 37.4. The maximum absolute atomic E-state index is 10.7. The van der Waals surface area contributed by atoms with Crippen molar-refractivity contribution < 1.29 is 35.3 Å². The Hall–Kier alpha value is -7.48. The van der Waals surface area contributed by atoms with Crippen molar-refractivity contribution >= 4 is 225 Å². The Morgan fingerprint density at radius 3 is 1.34 bits per heavy atom. The van der Waals surface area contributed by atoms with Crippen LogP contribution in [0.15, 0.2) is 165 Å². The van der Waals surface area contributed by atoms with E-state index in [0.29, 0.717) is 77.5 Å². The molecule has 0 aliphatic rings. The van der Waals surface area contributed by atoms with Gasteiger partial charge in [0.15, 0.2) is 56.2 Å². The summed E-state index contributed by atoms with van der Waals surface area (Å²) in [6, 6.07) is 39.1. The van der Waals surface area contributed by atoms with Gasteiger partial charge in [-0.05, 0) is 178 Å². The fourth-order valence-electron chi connectivity index (χ4n) is 9.13. The lowest BCUT2D eigenvalue weighted by Crippen LogP contribution is -2.29.